The first kappa shape index (κ1) is 15.9. The summed E-state index contributed by atoms with van der Waals surface area (Å²) in [5, 5.41) is 2.45. The molecule has 2 heterocycles. The molecule has 1 aromatic carbocycles. The highest BCUT2D eigenvalue weighted by molar-refractivity contribution is 6.07. The van der Waals surface area contributed by atoms with E-state index in [1.54, 1.807) is 24.3 Å². The molecule has 124 valence electrons. The molecule has 1 fully saturated rings. The Kier molecular flexibility index (Phi) is 3.92. The molecule has 1 N–H and O–H groups in total. The maximum atomic E-state index is 12.4. The monoisotopic (exact) mass is 336 g/mol. The first-order valence-corrected chi connectivity index (χ1v) is 6.93. The van der Waals surface area contributed by atoms with Crippen molar-refractivity contribution in [1.29, 1.82) is 0 Å². The number of carbonyl (C=O) groups excluding carboxylic acids is 2. The van der Waals surface area contributed by atoms with E-state index in [1.807, 2.05) is 6.07 Å². The van der Waals surface area contributed by atoms with Crippen LogP contribution in [0.2, 0.25) is 0 Å². The molecule has 1 aliphatic heterocycles. The van der Waals surface area contributed by atoms with Gasteiger partial charge in [0.15, 0.2) is 0 Å². The average molecular weight is 336 g/mol. The molecule has 1 aliphatic rings. The predicted octanol–water partition coefficient (Wildman–Crippen LogP) is 1.64. The third-order valence-corrected chi connectivity index (χ3v) is 3.47. The van der Waals surface area contributed by atoms with E-state index in [4.69, 9.17) is 0 Å². The average Bonchev–Trinajstić information content (AvgIpc) is 2.57. The van der Waals surface area contributed by atoms with Crippen LogP contribution in [0.1, 0.15) is 16.2 Å². The van der Waals surface area contributed by atoms with Gasteiger partial charge in [-0.15, -0.1) is 0 Å². The fourth-order valence-corrected chi connectivity index (χ4v) is 2.21. The van der Waals surface area contributed by atoms with Crippen molar-refractivity contribution in [2.24, 2.45) is 0 Å². The summed E-state index contributed by atoms with van der Waals surface area (Å²) in [5.41, 5.74) is 0.569. The molecule has 3 rings (SSSR count). The van der Waals surface area contributed by atoms with E-state index in [1.165, 1.54) is 4.90 Å². The standard InChI is InChI=1S/C15H11F3N4O2/c16-15(17,18)14-19-6-9(7-20-14)12(23)21-11-8-22(13(11)24)10-4-2-1-3-5-10/h1-7,11H,8H2,(H,21,23)/t11-/m1/s1. The number of anilines is 1. The summed E-state index contributed by atoms with van der Waals surface area (Å²) in [6.07, 6.45) is -3.11. The lowest BCUT2D eigenvalue weighted by atomic mass is 10.1. The van der Waals surface area contributed by atoms with E-state index >= 15 is 0 Å². The summed E-state index contributed by atoms with van der Waals surface area (Å²) in [4.78, 5) is 31.7. The van der Waals surface area contributed by atoms with E-state index in [9.17, 15) is 22.8 Å². The normalized spacial score (nSPS) is 17.4. The molecule has 0 saturated carbocycles. The zero-order valence-corrected chi connectivity index (χ0v) is 12.1. The van der Waals surface area contributed by atoms with Crippen molar-refractivity contribution in [3.05, 3.63) is 54.1 Å². The lowest BCUT2D eigenvalue weighted by Crippen LogP contribution is -2.64. The van der Waals surface area contributed by atoms with Crippen molar-refractivity contribution < 1.29 is 22.8 Å². The Balaban J connectivity index is 1.61. The Labute approximate surface area is 134 Å². The van der Waals surface area contributed by atoms with Gasteiger partial charge in [-0.2, -0.15) is 13.2 Å². The second-order valence-electron chi connectivity index (χ2n) is 5.10. The highest BCUT2D eigenvalue weighted by Crippen LogP contribution is 2.25. The Morgan fingerprint density at radius 1 is 1.17 bits per heavy atom. The molecular formula is C15H11F3N4O2. The van der Waals surface area contributed by atoms with Crippen molar-refractivity contribution in [1.82, 2.24) is 15.3 Å². The predicted molar refractivity (Wildman–Crippen MR) is 77.1 cm³/mol. The van der Waals surface area contributed by atoms with Crippen LogP contribution in [0.15, 0.2) is 42.7 Å². The maximum absolute atomic E-state index is 12.4. The van der Waals surface area contributed by atoms with Crippen molar-refractivity contribution in [2.45, 2.75) is 12.2 Å². The van der Waals surface area contributed by atoms with E-state index in [-0.39, 0.29) is 18.0 Å². The van der Waals surface area contributed by atoms with Gasteiger partial charge in [0.25, 0.3) is 11.8 Å². The van der Waals surface area contributed by atoms with Gasteiger partial charge in [-0.05, 0) is 12.1 Å². The number of rotatable bonds is 3. The van der Waals surface area contributed by atoms with Crippen molar-refractivity contribution in [3.63, 3.8) is 0 Å². The van der Waals surface area contributed by atoms with Crippen LogP contribution >= 0.6 is 0 Å². The Morgan fingerprint density at radius 2 is 1.79 bits per heavy atom. The van der Waals surface area contributed by atoms with E-state index in [2.05, 4.69) is 15.3 Å². The Hall–Kier alpha value is -2.97. The van der Waals surface area contributed by atoms with Crippen LogP contribution in [0.3, 0.4) is 0 Å². The first-order chi connectivity index (χ1) is 11.4. The zero-order chi connectivity index (χ0) is 17.3. The van der Waals surface area contributed by atoms with Crippen molar-refractivity contribution >= 4 is 17.5 Å². The molecule has 0 bridgehead atoms. The smallest absolute Gasteiger partial charge is 0.338 e. The number of β-lactam (4-membered cyclic amide) rings is 1. The van der Waals surface area contributed by atoms with E-state index < -0.39 is 23.9 Å². The van der Waals surface area contributed by atoms with Gasteiger partial charge in [0.05, 0.1) is 12.1 Å². The molecule has 6 nitrogen and oxygen atoms in total. The van der Waals surface area contributed by atoms with Gasteiger partial charge < -0.3 is 10.2 Å². The molecule has 0 aliphatic carbocycles. The number of halogens is 3. The molecule has 1 aromatic heterocycles. The number of aromatic nitrogens is 2. The maximum Gasteiger partial charge on any atom is 0.451 e. The van der Waals surface area contributed by atoms with Crippen LogP contribution in [0, 0.1) is 0 Å². The minimum Gasteiger partial charge on any atom is -0.338 e. The van der Waals surface area contributed by atoms with Crippen LogP contribution in [0.5, 0.6) is 0 Å². The summed E-state index contributed by atoms with van der Waals surface area (Å²) in [7, 11) is 0. The van der Waals surface area contributed by atoms with Crippen LogP contribution in [-0.4, -0.2) is 34.4 Å². The van der Waals surface area contributed by atoms with Gasteiger partial charge in [0, 0.05) is 18.1 Å². The number of amides is 2. The van der Waals surface area contributed by atoms with Gasteiger partial charge in [0.2, 0.25) is 5.82 Å². The van der Waals surface area contributed by atoms with E-state index in [0.717, 1.165) is 12.4 Å². The molecule has 9 heteroatoms. The van der Waals surface area contributed by atoms with Crippen molar-refractivity contribution in [2.75, 3.05) is 11.4 Å². The van der Waals surface area contributed by atoms with Gasteiger partial charge in [-0.1, -0.05) is 18.2 Å². The van der Waals surface area contributed by atoms with Gasteiger partial charge in [-0.25, -0.2) is 9.97 Å². The highest BCUT2D eigenvalue weighted by Gasteiger charge is 2.39. The number of carbonyl (C=O) groups is 2. The molecule has 0 radical (unpaired) electrons. The number of benzene rings is 1. The molecule has 1 saturated heterocycles. The summed E-state index contributed by atoms with van der Waals surface area (Å²) in [6.45, 7) is 0.288. The summed E-state index contributed by atoms with van der Waals surface area (Å²) in [6, 6.07) is 8.19. The molecule has 0 spiro atoms. The first-order valence-electron chi connectivity index (χ1n) is 6.93. The lowest BCUT2D eigenvalue weighted by Gasteiger charge is -2.38. The molecule has 2 aromatic rings. The fourth-order valence-electron chi connectivity index (χ4n) is 2.21. The fraction of sp³-hybridized carbons (Fsp3) is 0.200. The Morgan fingerprint density at radius 3 is 2.33 bits per heavy atom. The molecule has 0 unspecified atom stereocenters. The van der Waals surface area contributed by atoms with Gasteiger partial charge >= 0.3 is 6.18 Å². The molecule has 24 heavy (non-hydrogen) atoms. The number of para-hydroxylation sites is 1. The molecule has 2 amide bonds. The van der Waals surface area contributed by atoms with Crippen LogP contribution in [0.25, 0.3) is 0 Å². The third-order valence-electron chi connectivity index (χ3n) is 3.47. The second-order valence-corrected chi connectivity index (χ2v) is 5.10. The SMILES string of the molecule is O=C(N[C@@H]1CN(c2ccccc2)C1=O)c1cnc(C(F)(F)F)nc1. The molecular weight excluding hydrogens is 325 g/mol. The quantitative estimate of drug-likeness (QED) is 0.865. The van der Waals surface area contributed by atoms with Crippen LogP contribution < -0.4 is 10.2 Å². The number of hydrogen-bond donors (Lipinski definition) is 1. The number of hydrogen-bond acceptors (Lipinski definition) is 4. The number of alkyl halides is 3. The highest BCUT2D eigenvalue weighted by atomic mass is 19.4. The second kappa shape index (κ2) is 5.91. The van der Waals surface area contributed by atoms with Crippen LogP contribution in [0.4, 0.5) is 18.9 Å². The minimum absolute atomic E-state index is 0.144. The number of nitrogens with one attached hydrogen (secondary N) is 1. The summed E-state index contributed by atoms with van der Waals surface area (Å²) < 4.78 is 37.1. The molecule has 1 atom stereocenters. The summed E-state index contributed by atoms with van der Waals surface area (Å²) >= 11 is 0. The number of nitrogens with zero attached hydrogens (tertiary/aromatic N) is 3. The van der Waals surface area contributed by atoms with Crippen molar-refractivity contribution in [3.8, 4) is 0 Å². The topological polar surface area (TPSA) is 75.2 Å². The van der Waals surface area contributed by atoms with Crippen LogP contribution in [-0.2, 0) is 11.0 Å². The van der Waals surface area contributed by atoms with Gasteiger partial charge in [-0.3, -0.25) is 9.59 Å². The van der Waals surface area contributed by atoms with Gasteiger partial charge in [0.1, 0.15) is 6.04 Å². The lowest BCUT2D eigenvalue weighted by molar-refractivity contribution is -0.145. The third kappa shape index (κ3) is 3.05. The van der Waals surface area contributed by atoms with E-state index in [0.29, 0.717) is 5.69 Å². The summed E-state index contributed by atoms with van der Waals surface area (Å²) in [5.74, 6) is -2.31. The largest absolute Gasteiger partial charge is 0.451 e. The Bertz CT molecular complexity index is 763. The minimum atomic E-state index is -4.67. The zero-order valence-electron chi connectivity index (χ0n) is 12.1.